The molecule has 0 saturated carbocycles. The molecule has 10 aromatic rings. The zero-order valence-electron chi connectivity index (χ0n) is 38.1. The van der Waals surface area contributed by atoms with Crippen molar-refractivity contribution in [1.82, 2.24) is 15.0 Å². The number of rotatable bonds is 12. The van der Waals surface area contributed by atoms with Crippen molar-refractivity contribution in [2.24, 2.45) is 0 Å². The maximum absolute atomic E-state index is 13.2. The normalized spacial score (nSPS) is 10.7. The Balaban J connectivity index is 0.000000200. The summed E-state index contributed by atoms with van der Waals surface area (Å²) in [5.74, 6) is -0.292. The molecule has 0 atom stereocenters. The summed E-state index contributed by atoms with van der Waals surface area (Å²) in [5, 5.41) is 0. The Labute approximate surface area is 413 Å². The van der Waals surface area contributed by atoms with Crippen LogP contribution in [0.15, 0.2) is 213 Å². The van der Waals surface area contributed by atoms with Crippen molar-refractivity contribution in [2.45, 2.75) is 39.5 Å². The third kappa shape index (κ3) is 12.1. The van der Waals surface area contributed by atoms with E-state index in [0.717, 1.165) is 59.5 Å². The number of nitrogens with zero attached hydrogens (tertiary/aromatic N) is 3. The van der Waals surface area contributed by atoms with Gasteiger partial charge in [0.25, 0.3) is 0 Å². The quantitative estimate of drug-likeness (QED) is 0.114. The second-order valence-electron chi connectivity index (χ2n) is 16.8. The fourth-order valence-electron chi connectivity index (χ4n) is 8.52. The second-order valence-corrected chi connectivity index (χ2v) is 16.8. The molecule has 0 aliphatic carbocycles. The van der Waals surface area contributed by atoms with Crippen molar-refractivity contribution in [1.29, 1.82) is 0 Å². The largest absolute Gasteiger partial charge is 3.00 e. The average molecular weight is 1060 g/mol. The number of benzene rings is 7. The van der Waals surface area contributed by atoms with Crippen molar-refractivity contribution in [3.8, 4) is 67.2 Å². The van der Waals surface area contributed by atoms with Crippen LogP contribution >= 0.6 is 0 Å². The smallest absolute Gasteiger partial charge is 0.305 e. The van der Waals surface area contributed by atoms with Gasteiger partial charge in [-0.25, -0.2) is 0 Å². The first-order chi connectivity index (χ1) is 32.9. The van der Waals surface area contributed by atoms with Crippen LogP contribution in [0.4, 0.5) is 4.39 Å². The Morgan fingerprint density at radius 2 is 0.971 bits per heavy atom. The van der Waals surface area contributed by atoms with E-state index in [1.165, 1.54) is 78.9 Å². The van der Waals surface area contributed by atoms with Crippen molar-refractivity contribution in [3.63, 3.8) is 0 Å². The van der Waals surface area contributed by atoms with E-state index in [2.05, 4.69) is 174 Å². The minimum atomic E-state index is -0.292. The van der Waals surface area contributed by atoms with Crippen LogP contribution in [0.1, 0.15) is 33.4 Å². The molecule has 5 heteroatoms. The van der Waals surface area contributed by atoms with Gasteiger partial charge in [0.1, 0.15) is 0 Å². The van der Waals surface area contributed by atoms with E-state index in [4.69, 9.17) is 0 Å². The van der Waals surface area contributed by atoms with Gasteiger partial charge in [0, 0.05) is 24.4 Å². The molecular formula is C63H49FIrN3. The first-order valence-corrected chi connectivity index (χ1v) is 22.7. The molecule has 0 unspecified atom stereocenters. The Bertz CT molecular complexity index is 3140. The SMILES string of the molecule is Cc1cc(-c2ccccc2)cc(C)c1-c1ccnc(-c2[c-]cccc2)c1.Fc1c[c-]c(-c2ccc(CCc3cc(CCc4c[c-]c(-c5ccccn5)cc4)cc(-c4ccccc4)c3)cn2)cc1.[Ir+3]. The van der Waals surface area contributed by atoms with Gasteiger partial charge in [-0.05, 0) is 124 Å². The van der Waals surface area contributed by atoms with Gasteiger partial charge < -0.3 is 15.0 Å². The van der Waals surface area contributed by atoms with Gasteiger partial charge in [-0.1, -0.05) is 128 Å². The van der Waals surface area contributed by atoms with Crippen molar-refractivity contribution < 1.29 is 24.5 Å². The van der Waals surface area contributed by atoms with Crippen LogP contribution < -0.4 is 0 Å². The molecule has 3 heterocycles. The van der Waals surface area contributed by atoms with Crippen molar-refractivity contribution in [2.75, 3.05) is 0 Å². The van der Waals surface area contributed by atoms with E-state index in [1.54, 1.807) is 6.07 Å². The summed E-state index contributed by atoms with van der Waals surface area (Å²) in [6, 6.07) is 75.3. The summed E-state index contributed by atoms with van der Waals surface area (Å²) < 4.78 is 13.2. The fraction of sp³-hybridized carbons (Fsp3) is 0.0952. The molecule has 68 heavy (non-hydrogen) atoms. The predicted octanol–water partition coefficient (Wildman–Crippen LogP) is 15.3. The molecule has 0 aliphatic rings. The van der Waals surface area contributed by atoms with Gasteiger partial charge in [-0.2, -0.15) is 0 Å². The molecule has 10 rings (SSSR count). The van der Waals surface area contributed by atoms with Crippen LogP contribution in [-0.2, 0) is 45.8 Å². The molecule has 3 nitrogen and oxygen atoms in total. The molecule has 0 bridgehead atoms. The minimum absolute atomic E-state index is 0. The van der Waals surface area contributed by atoms with Crippen LogP contribution in [-0.4, -0.2) is 15.0 Å². The van der Waals surface area contributed by atoms with E-state index in [9.17, 15) is 4.39 Å². The maximum atomic E-state index is 13.2. The minimum Gasteiger partial charge on any atom is -0.305 e. The number of hydrogen-bond acceptors (Lipinski definition) is 3. The third-order valence-electron chi connectivity index (χ3n) is 11.9. The van der Waals surface area contributed by atoms with E-state index >= 15 is 0 Å². The van der Waals surface area contributed by atoms with Crippen LogP contribution in [0, 0.1) is 37.9 Å². The molecule has 0 saturated heterocycles. The van der Waals surface area contributed by atoms with Crippen molar-refractivity contribution in [3.05, 3.63) is 270 Å². The molecule has 0 aliphatic heterocycles. The average Bonchev–Trinajstić information content (AvgIpc) is 3.39. The zero-order valence-corrected chi connectivity index (χ0v) is 40.5. The summed E-state index contributed by atoms with van der Waals surface area (Å²) in [7, 11) is 0. The Morgan fingerprint density at radius 1 is 0.397 bits per heavy atom. The number of halogens is 1. The standard InChI is InChI=1S/C38H29FN2.C25H20N.Ir/c39-36-20-18-34(19-21-36)38-22-15-29(27-41-38)10-12-31-24-30(25-35(26-31)32-6-2-1-3-7-32)11-9-28-13-16-33(17-14-28)37-8-4-5-23-40-37;1-18-15-23(20-9-5-3-6-10-20)16-19(2)25(18)22-13-14-26-24(17-22)21-11-7-4-8-12-21;/h1-8,13-16,18,20-27H,9-12H2;3-11,13-17H,1-2H3;/q-2;-1;+3. The number of aryl methyl sites for hydroxylation is 6. The Morgan fingerprint density at radius 3 is 1.56 bits per heavy atom. The summed E-state index contributed by atoms with van der Waals surface area (Å²) in [6.07, 6.45) is 9.32. The van der Waals surface area contributed by atoms with Crippen LogP contribution in [0.5, 0.6) is 0 Å². The van der Waals surface area contributed by atoms with E-state index < -0.39 is 0 Å². The molecule has 3 aromatic heterocycles. The van der Waals surface area contributed by atoms with Gasteiger partial charge >= 0.3 is 20.1 Å². The number of pyridine rings is 3. The molecular weight excluding hydrogens is 1010 g/mol. The monoisotopic (exact) mass is 1060 g/mol. The van der Waals surface area contributed by atoms with Crippen LogP contribution in [0.2, 0.25) is 0 Å². The molecule has 0 N–H and O–H groups in total. The summed E-state index contributed by atoms with van der Waals surface area (Å²) >= 11 is 0. The molecule has 0 spiro atoms. The van der Waals surface area contributed by atoms with Crippen molar-refractivity contribution >= 4 is 0 Å². The maximum Gasteiger partial charge on any atom is 3.00 e. The first-order valence-electron chi connectivity index (χ1n) is 22.7. The Hall–Kier alpha value is -7.43. The van der Waals surface area contributed by atoms with Gasteiger partial charge in [0.15, 0.2) is 0 Å². The van der Waals surface area contributed by atoms with Gasteiger partial charge in [0.05, 0.1) is 0 Å². The van der Waals surface area contributed by atoms with E-state index in [0.29, 0.717) is 0 Å². The Kier molecular flexibility index (Phi) is 15.8. The molecule has 0 amide bonds. The second kappa shape index (κ2) is 22.8. The fourth-order valence-corrected chi connectivity index (χ4v) is 8.52. The molecule has 0 radical (unpaired) electrons. The zero-order chi connectivity index (χ0) is 45.8. The van der Waals surface area contributed by atoms with Gasteiger partial charge in [0.2, 0.25) is 0 Å². The van der Waals surface area contributed by atoms with Gasteiger partial charge in [-0.15, -0.1) is 101 Å². The summed E-state index contributed by atoms with van der Waals surface area (Å²) in [5.41, 5.74) is 20.6. The number of aromatic nitrogens is 3. The third-order valence-corrected chi connectivity index (χ3v) is 11.9. The number of hydrogen-bond donors (Lipinski definition) is 0. The summed E-state index contributed by atoms with van der Waals surface area (Å²) in [4.78, 5) is 13.6. The topological polar surface area (TPSA) is 38.7 Å². The predicted molar refractivity (Wildman–Crippen MR) is 273 cm³/mol. The molecule has 332 valence electrons. The molecule has 7 aromatic carbocycles. The van der Waals surface area contributed by atoms with Gasteiger partial charge in [-0.3, -0.25) is 4.39 Å². The van der Waals surface area contributed by atoms with E-state index in [-0.39, 0.29) is 25.9 Å². The first kappa shape index (κ1) is 47.1. The van der Waals surface area contributed by atoms with E-state index in [1.807, 2.05) is 67.1 Å². The summed E-state index contributed by atoms with van der Waals surface area (Å²) in [6.45, 7) is 4.37. The van der Waals surface area contributed by atoms with Crippen LogP contribution in [0.25, 0.3) is 67.2 Å². The molecule has 0 fully saturated rings. The van der Waals surface area contributed by atoms with Crippen LogP contribution in [0.3, 0.4) is 0 Å².